The lowest BCUT2D eigenvalue weighted by Crippen LogP contribution is -2.26. The molecule has 0 spiro atoms. The summed E-state index contributed by atoms with van der Waals surface area (Å²) in [6.45, 7) is 3.69. The molecule has 0 fully saturated rings. The van der Waals surface area contributed by atoms with E-state index in [0.717, 1.165) is 6.42 Å². The number of nitrogens with zero attached hydrogens (tertiary/aromatic N) is 2. The molecule has 1 aromatic heterocycles. The topological polar surface area (TPSA) is 76.1 Å². The molecule has 22 heavy (non-hydrogen) atoms. The van der Waals surface area contributed by atoms with Gasteiger partial charge in [0.25, 0.3) is 5.91 Å². The minimum absolute atomic E-state index is 0.125. The summed E-state index contributed by atoms with van der Waals surface area (Å²) >= 11 is 0. The summed E-state index contributed by atoms with van der Waals surface area (Å²) in [6, 6.07) is 9.00. The first-order valence-electron chi connectivity index (χ1n) is 7.32. The van der Waals surface area contributed by atoms with Crippen molar-refractivity contribution in [2.24, 2.45) is 0 Å². The third-order valence-electron chi connectivity index (χ3n) is 2.92. The first kappa shape index (κ1) is 15.8. The van der Waals surface area contributed by atoms with Crippen LogP contribution in [0.25, 0.3) is 0 Å². The van der Waals surface area contributed by atoms with Gasteiger partial charge >= 0.3 is 0 Å². The van der Waals surface area contributed by atoms with Gasteiger partial charge in [-0.3, -0.25) is 4.79 Å². The van der Waals surface area contributed by atoms with E-state index < -0.39 is 0 Å². The molecular weight excluding hydrogens is 280 g/mol. The number of hydrogen-bond acceptors (Lipinski definition) is 5. The molecular formula is C16H20N4O2. The van der Waals surface area contributed by atoms with Crippen LogP contribution in [0.1, 0.15) is 23.7 Å². The molecule has 2 aromatic rings. The Morgan fingerprint density at radius 2 is 1.91 bits per heavy atom. The molecule has 0 radical (unpaired) electrons. The van der Waals surface area contributed by atoms with Gasteiger partial charge in [0.05, 0.1) is 12.2 Å². The molecule has 1 heterocycles. The van der Waals surface area contributed by atoms with E-state index in [2.05, 4.69) is 20.6 Å². The highest BCUT2D eigenvalue weighted by Gasteiger charge is 2.10. The lowest BCUT2D eigenvalue weighted by molar-refractivity contribution is 0.0950. The number of benzene rings is 1. The highest BCUT2D eigenvalue weighted by Crippen LogP contribution is 2.17. The average molecular weight is 300 g/mol. The van der Waals surface area contributed by atoms with Crippen LogP contribution in [0.3, 0.4) is 0 Å². The van der Waals surface area contributed by atoms with Gasteiger partial charge < -0.3 is 15.4 Å². The van der Waals surface area contributed by atoms with E-state index in [0.29, 0.717) is 37.0 Å². The number of aromatic nitrogens is 2. The first-order chi connectivity index (χ1) is 10.8. The largest absolute Gasteiger partial charge is 0.493 e. The molecule has 6 heteroatoms. The van der Waals surface area contributed by atoms with Crippen LogP contribution in [0.4, 0.5) is 5.95 Å². The van der Waals surface area contributed by atoms with Crippen molar-refractivity contribution in [3.8, 4) is 5.75 Å². The fraction of sp³-hybridized carbons (Fsp3) is 0.312. The second-order valence-corrected chi connectivity index (χ2v) is 4.54. The summed E-state index contributed by atoms with van der Waals surface area (Å²) in [6.07, 6.45) is 4.14. The minimum atomic E-state index is -0.125. The number of nitrogens with one attached hydrogen (secondary N) is 2. The molecule has 0 saturated heterocycles. The Hall–Kier alpha value is -2.63. The normalized spacial score (nSPS) is 10.0. The van der Waals surface area contributed by atoms with Crippen LogP contribution in [-0.2, 0) is 0 Å². The minimum Gasteiger partial charge on any atom is -0.493 e. The highest BCUT2D eigenvalue weighted by molar-refractivity contribution is 5.96. The molecule has 1 aromatic carbocycles. The molecule has 0 atom stereocenters. The highest BCUT2D eigenvalue weighted by atomic mass is 16.5. The first-order valence-corrected chi connectivity index (χ1v) is 7.32. The molecule has 2 N–H and O–H groups in total. The Labute approximate surface area is 129 Å². The van der Waals surface area contributed by atoms with Crippen molar-refractivity contribution in [3.05, 3.63) is 48.3 Å². The van der Waals surface area contributed by atoms with E-state index in [4.69, 9.17) is 4.74 Å². The number of ether oxygens (including phenoxy) is 1. The third kappa shape index (κ3) is 4.73. The Bertz CT molecular complexity index is 590. The second-order valence-electron chi connectivity index (χ2n) is 4.54. The van der Waals surface area contributed by atoms with Crippen LogP contribution in [0.15, 0.2) is 42.7 Å². The van der Waals surface area contributed by atoms with E-state index in [9.17, 15) is 4.79 Å². The van der Waals surface area contributed by atoms with Crippen molar-refractivity contribution in [2.45, 2.75) is 13.3 Å². The Balaban J connectivity index is 1.74. The van der Waals surface area contributed by atoms with Gasteiger partial charge in [0.2, 0.25) is 5.95 Å². The maximum absolute atomic E-state index is 12.1. The molecule has 6 nitrogen and oxygen atoms in total. The summed E-state index contributed by atoms with van der Waals surface area (Å²) in [5.74, 6) is 1.08. The van der Waals surface area contributed by atoms with Crippen molar-refractivity contribution in [3.63, 3.8) is 0 Å². The Morgan fingerprint density at radius 1 is 1.14 bits per heavy atom. The van der Waals surface area contributed by atoms with Gasteiger partial charge in [0.15, 0.2) is 0 Å². The van der Waals surface area contributed by atoms with Crippen LogP contribution in [0.5, 0.6) is 5.75 Å². The van der Waals surface area contributed by atoms with Crippen LogP contribution in [-0.4, -0.2) is 35.6 Å². The van der Waals surface area contributed by atoms with E-state index in [1.807, 2.05) is 19.1 Å². The molecule has 0 unspecified atom stereocenters. The predicted molar refractivity (Wildman–Crippen MR) is 85.1 cm³/mol. The van der Waals surface area contributed by atoms with Gasteiger partial charge in [-0.1, -0.05) is 12.1 Å². The van der Waals surface area contributed by atoms with E-state index in [-0.39, 0.29) is 5.91 Å². The standard InChI is InChI=1S/C16H20N4O2/c1-2-22-14-8-4-3-7-13(14)15(21)17-9-5-10-18-16-19-11-6-12-20-16/h3-4,6-8,11-12H,2,5,9-10H2,1H3,(H,17,21)(H,18,19,20). The summed E-state index contributed by atoms with van der Waals surface area (Å²) in [5.41, 5.74) is 0.559. The van der Waals surface area contributed by atoms with Gasteiger partial charge in [-0.15, -0.1) is 0 Å². The predicted octanol–water partition coefficient (Wildman–Crippen LogP) is 2.11. The molecule has 0 saturated carbocycles. The Morgan fingerprint density at radius 3 is 2.68 bits per heavy atom. The van der Waals surface area contributed by atoms with Gasteiger partial charge in [-0.25, -0.2) is 9.97 Å². The zero-order chi connectivity index (χ0) is 15.6. The number of carbonyl (C=O) groups excluding carboxylic acids is 1. The Kier molecular flexibility index (Phi) is 6.17. The van der Waals surface area contributed by atoms with E-state index in [1.165, 1.54) is 0 Å². The van der Waals surface area contributed by atoms with Crippen LogP contribution < -0.4 is 15.4 Å². The monoisotopic (exact) mass is 300 g/mol. The number of para-hydroxylation sites is 1. The van der Waals surface area contributed by atoms with Crippen molar-refractivity contribution >= 4 is 11.9 Å². The maximum atomic E-state index is 12.1. The quantitative estimate of drug-likeness (QED) is 0.730. The molecule has 1 amide bonds. The van der Waals surface area contributed by atoms with Crippen LogP contribution in [0.2, 0.25) is 0 Å². The third-order valence-corrected chi connectivity index (χ3v) is 2.92. The van der Waals surface area contributed by atoms with Gasteiger partial charge in [0, 0.05) is 25.5 Å². The van der Waals surface area contributed by atoms with Crippen LogP contribution >= 0.6 is 0 Å². The number of anilines is 1. The van der Waals surface area contributed by atoms with Crippen LogP contribution in [0, 0.1) is 0 Å². The molecule has 0 aliphatic heterocycles. The van der Waals surface area contributed by atoms with Crippen molar-refractivity contribution in [1.82, 2.24) is 15.3 Å². The molecule has 0 aliphatic carbocycles. The number of carbonyl (C=O) groups is 1. The van der Waals surface area contributed by atoms with Crippen molar-refractivity contribution in [1.29, 1.82) is 0 Å². The number of hydrogen-bond donors (Lipinski definition) is 2. The second kappa shape index (κ2) is 8.61. The zero-order valence-electron chi connectivity index (χ0n) is 12.6. The molecule has 0 bridgehead atoms. The SMILES string of the molecule is CCOc1ccccc1C(=O)NCCCNc1ncccn1. The fourth-order valence-electron chi connectivity index (χ4n) is 1.91. The van der Waals surface area contributed by atoms with Gasteiger partial charge in [0.1, 0.15) is 5.75 Å². The smallest absolute Gasteiger partial charge is 0.255 e. The number of amides is 1. The molecule has 2 rings (SSSR count). The van der Waals surface area contributed by atoms with Gasteiger partial charge in [-0.05, 0) is 31.5 Å². The average Bonchev–Trinajstić information content (AvgIpc) is 2.56. The maximum Gasteiger partial charge on any atom is 0.255 e. The summed E-state index contributed by atoms with van der Waals surface area (Å²) in [4.78, 5) is 20.3. The molecule has 116 valence electrons. The number of rotatable bonds is 8. The van der Waals surface area contributed by atoms with Crippen molar-refractivity contribution < 1.29 is 9.53 Å². The summed E-state index contributed by atoms with van der Waals surface area (Å²) < 4.78 is 5.45. The summed E-state index contributed by atoms with van der Waals surface area (Å²) in [5, 5.41) is 5.98. The van der Waals surface area contributed by atoms with Gasteiger partial charge in [-0.2, -0.15) is 0 Å². The summed E-state index contributed by atoms with van der Waals surface area (Å²) in [7, 11) is 0. The zero-order valence-corrected chi connectivity index (χ0v) is 12.6. The van der Waals surface area contributed by atoms with E-state index >= 15 is 0 Å². The lowest BCUT2D eigenvalue weighted by atomic mass is 10.2. The van der Waals surface area contributed by atoms with Crippen molar-refractivity contribution in [2.75, 3.05) is 25.0 Å². The molecule has 0 aliphatic rings. The fourth-order valence-corrected chi connectivity index (χ4v) is 1.91. The lowest BCUT2D eigenvalue weighted by Gasteiger charge is -2.10. The van der Waals surface area contributed by atoms with E-state index in [1.54, 1.807) is 30.6 Å².